The molecule has 1 saturated heterocycles. The summed E-state index contributed by atoms with van der Waals surface area (Å²) in [4.78, 5) is 18.5. The fourth-order valence-corrected chi connectivity index (χ4v) is 4.86. The maximum absolute atomic E-state index is 12.7. The summed E-state index contributed by atoms with van der Waals surface area (Å²) in [6.45, 7) is -0.237. The molecule has 140 valence electrons. The van der Waals surface area contributed by atoms with Gasteiger partial charge in [0.15, 0.2) is 0 Å². The number of nitrogens with zero attached hydrogens (tertiary/aromatic N) is 2. The van der Waals surface area contributed by atoms with E-state index in [1.807, 2.05) is 23.1 Å². The van der Waals surface area contributed by atoms with Crippen LogP contribution in [0.15, 0.2) is 65.8 Å². The molecule has 2 unspecified atom stereocenters. The second-order valence-corrected chi connectivity index (χ2v) is 8.64. The standard InChI is InChI=1S/C20H21N3O3S/c24-20(14-22-27(25,26)19-7-4-10-21-13-19)23-17-8-9-18(23)12-16(11-17)15-5-2-1-3-6-15/h1-7,10-11,13,17-18,22H,8-9,12,14H2. The van der Waals surface area contributed by atoms with E-state index in [-0.39, 0.29) is 29.4 Å². The number of aromatic nitrogens is 1. The smallest absolute Gasteiger partial charge is 0.242 e. The molecule has 7 heteroatoms. The van der Waals surface area contributed by atoms with Gasteiger partial charge in [-0.05, 0) is 42.5 Å². The van der Waals surface area contributed by atoms with Gasteiger partial charge in [0.25, 0.3) is 0 Å². The van der Waals surface area contributed by atoms with E-state index in [4.69, 9.17) is 0 Å². The number of hydrogen-bond donors (Lipinski definition) is 1. The number of pyridine rings is 1. The Balaban J connectivity index is 1.45. The van der Waals surface area contributed by atoms with Gasteiger partial charge in [-0.3, -0.25) is 9.78 Å². The molecule has 2 bridgehead atoms. The average molecular weight is 383 g/mol. The predicted octanol–water partition coefficient (Wildman–Crippen LogP) is 2.21. The van der Waals surface area contributed by atoms with Crippen molar-refractivity contribution in [1.29, 1.82) is 0 Å². The highest BCUT2D eigenvalue weighted by Gasteiger charge is 2.39. The van der Waals surface area contributed by atoms with Gasteiger partial charge < -0.3 is 4.90 Å². The molecule has 1 amide bonds. The molecular formula is C20H21N3O3S. The topological polar surface area (TPSA) is 79.4 Å². The molecule has 2 aromatic rings. The lowest BCUT2D eigenvalue weighted by Crippen LogP contribution is -2.47. The third-order valence-corrected chi connectivity index (χ3v) is 6.57. The van der Waals surface area contributed by atoms with Gasteiger partial charge in [-0.15, -0.1) is 0 Å². The normalized spacial score (nSPS) is 21.8. The fraction of sp³-hybridized carbons (Fsp3) is 0.300. The second-order valence-electron chi connectivity index (χ2n) is 6.87. The highest BCUT2D eigenvalue weighted by molar-refractivity contribution is 7.89. The van der Waals surface area contributed by atoms with Crippen molar-refractivity contribution in [2.75, 3.05) is 6.54 Å². The first kappa shape index (κ1) is 17.9. The van der Waals surface area contributed by atoms with Gasteiger partial charge in [0.2, 0.25) is 15.9 Å². The maximum Gasteiger partial charge on any atom is 0.242 e. The number of benzene rings is 1. The molecule has 0 aliphatic carbocycles. The van der Waals surface area contributed by atoms with Crippen LogP contribution in [0.1, 0.15) is 24.8 Å². The minimum Gasteiger partial charge on any atom is -0.332 e. The molecule has 6 nitrogen and oxygen atoms in total. The van der Waals surface area contributed by atoms with Crippen LogP contribution in [-0.4, -0.2) is 42.8 Å². The molecule has 2 atom stereocenters. The molecule has 27 heavy (non-hydrogen) atoms. The first-order chi connectivity index (χ1) is 13.0. The fourth-order valence-electron chi connectivity index (χ4n) is 3.92. The SMILES string of the molecule is O=C(CNS(=O)(=O)c1cccnc1)N1C2C=C(c3ccccc3)CC1CC2. The highest BCUT2D eigenvalue weighted by atomic mass is 32.2. The Morgan fingerprint density at radius 1 is 1.15 bits per heavy atom. The molecule has 0 spiro atoms. The van der Waals surface area contributed by atoms with Crippen LogP contribution < -0.4 is 4.72 Å². The van der Waals surface area contributed by atoms with Crippen molar-refractivity contribution in [1.82, 2.24) is 14.6 Å². The van der Waals surface area contributed by atoms with E-state index in [0.29, 0.717) is 0 Å². The third-order valence-electron chi connectivity index (χ3n) is 5.19. The predicted molar refractivity (Wildman–Crippen MR) is 102 cm³/mol. The number of carbonyl (C=O) groups is 1. The van der Waals surface area contributed by atoms with Crippen molar-refractivity contribution < 1.29 is 13.2 Å². The summed E-state index contributed by atoms with van der Waals surface area (Å²) in [5, 5.41) is 0. The molecule has 0 radical (unpaired) electrons. The maximum atomic E-state index is 12.7. The van der Waals surface area contributed by atoms with Crippen molar-refractivity contribution in [3.63, 3.8) is 0 Å². The molecule has 4 rings (SSSR count). The van der Waals surface area contributed by atoms with Crippen LogP contribution in [0.25, 0.3) is 5.57 Å². The van der Waals surface area contributed by atoms with Gasteiger partial charge >= 0.3 is 0 Å². The molecular weight excluding hydrogens is 362 g/mol. The Morgan fingerprint density at radius 3 is 2.67 bits per heavy atom. The van der Waals surface area contributed by atoms with Crippen molar-refractivity contribution in [3.05, 3.63) is 66.5 Å². The quantitative estimate of drug-likeness (QED) is 0.859. The van der Waals surface area contributed by atoms with E-state index < -0.39 is 10.0 Å². The molecule has 1 aromatic heterocycles. The van der Waals surface area contributed by atoms with Crippen LogP contribution in [0.5, 0.6) is 0 Å². The monoisotopic (exact) mass is 383 g/mol. The zero-order valence-corrected chi connectivity index (χ0v) is 15.6. The van der Waals surface area contributed by atoms with E-state index in [9.17, 15) is 13.2 Å². The van der Waals surface area contributed by atoms with Gasteiger partial charge in [0, 0.05) is 18.4 Å². The largest absolute Gasteiger partial charge is 0.332 e. The van der Waals surface area contributed by atoms with Gasteiger partial charge in [-0.2, -0.15) is 0 Å². The minimum absolute atomic E-state index is 0.0364. The summed E-state index contributed by atoms with van der Waals surface area (Å²) in [5.74, 6) is -0.182. The number of sulfonamides is 1. The molecule has 1 fully saturated rings. The molecule has 2 aliphatic rings. The summed E-state index contributed by atoms with van der Waals surface area (Å²) < 4.78 is 27.0. The molecule has 0 saturated carbocycles. The van der Waals surface area contributed by atoms with Crippen molar-refractivity contribution in [2.24, 2.45) is 0 Å². The molecule has 3 heterocycles. The van der Waals surface area contributed by atoms with Crippen LogP contribution in [0.2, 0.25) is 0 Å². The lowest BCUT2D eigenvalue weighted by atomic mass is 9.95. The van der Waals surface area contributed by atoms with Gasteiger partial charge in [0.1, 0.15) is 4.90 Å². The van der Waals surface area contributed by atoms with Crippen LogP contribution >= 0.6 is 0 Å². The number of hydrogen-bond acceptors (Lipinski definition) is 4. The summed E-state index contributed by atoms with van der Waals surface area (Å²) in [6.07, 6.45) is 7.60. The molecule has 1 aromatic carbocycles. The van der Waals surface area contributed by atoms with Crippen LogP contribution in [0, 0.1) is 0 Å². The van der Waals surface area contributed by atoms with E-state index in [1.165, 1.54) is 29.6 Å². The van der Waals surface area contributed by atoms with Gasteiger partial charge in [-0.25, -0.2) is 13.1 Å². The molecule has 2 aliphatic heterocycles. The number of nitrogens with one attached hydrogen (secondary N) is 1. The Bertz CT molecular complexity index is 958. The summed E-state index contributed by atoms with van der Waals surface area (Å²) in [6, 6.07) is 13.4. The van der Waals surface area contributed by atoms with Crippen LogP contribution in [0.3, 0.4) is 0 Å². The summed E-state index contributed by atoms with van der Waals surface area (Å²) >= 11 is 0. The first-order valence-electron chi connectivity index (χ1n) is 9.01. The Hall–Kier alpha value is -2.51. The average Bonchev–Trinajstić information content (AvgIpc) is 2.97. The Morgan fingerprint density at radius 2 is 1.96 bits per heavy atom. The second kappa shape index (κ2) is 7.25. The van der Waals surface area contributed by atoms with Crippen LogP contribution in [-0.2, 0) is 14.8 Å². The van der Waals surface area contributed by atoms with Crippen molar-refractivity contribution in [2.45, 2.75) is 36.2 Å². The lowest BCUT2D eigenvalue weighted by Gasteiger charge is -2.34. The van der Waals surface area contributed by atoms with Gasteiger partial charge in [0.05, 0.1) is 12.6 Å². The van der Waals surface area contributed by atoms with Crippen molar-refractivity contribution >= 4 is 21.5 Å². The Labute approximate surface area is 159 Å². The summed E-state index contributed by atoms with van der Waals surface area (Å²) in [5.41, 5.74) is 2.46. The van der Waals surface area contributed by atoms with E-state index in [0.717, 1.165) is 19.3 Å². The van der Waals surface area contributed by atoms with Crippen LogP contribution in [0.4, 0.5) is 0 Å². The minimum atomic E-state index is -3.74. The van der Waals surface area contributed by atoms with Crippen molar-refractivity contribution in [3.8, 4) is 0 Å². The zero-order valence-electron chi connectivity index (χ0n) is 14.8. The number of carbonyl (C=O) groups excluding carboxylic acids is 1. The highest BCUT2D eigenvalue weighted by Crippen LogP contribution is 2.38. The Kier molecular flexibility index (Phi) is 4.80. The van der Waals surface area contributed by atoms with E-state index in [1.54, 1.807) is 6.07 Å². The number of fused-ring (bicyclic) bond motifs is 2. The lowest BCUT2D eigenvalue weighted by molar-refractivity contribution is -0.132. The number of rotatable bonds is 5. The van der Waals surface area contributed by atoms with E-state index in [2.05, 4.69) is 27.9 Å². The molecule has 1 N–H and O–H groups in total. The van der Waals surface area contributed by atoms with E-state index >= 15 is 0 Å². The van der Waals surface area contributed by atoms with Gasteiger partial charge in [-0.1, -0.05) is 36.4 Å². The third kappa shape index (κ3) is 3.65. The first-order valence-corrected chi connectivity index (χ1v) is 10.5. The zero-order chi connectivity index (χ0) is 18.9. The number of amides is 1. The summed E-state index contributed by atoms with van der Waals surface area (Å²) in [7, 11) is -3.74.